The van der Waals surface area contributed by atoms with Gasteiger partial charge in [0.05, 0.1) is 25.3 Å². The topological polar surface area (TPSA) is 92.3 Å². The summed E-state index contributed by atoms with van der Waals surface area (Å²) in [5, 5.41) is 14.9. The molecule has 2 fully saturated rings. The average molecular weight is 327 g/mol. The molecule has 4 unspecified atom stereocenters. The summed E-state index contributed by atoms with van der Waals surface area (Å²) in [5.74, 6) is 0.463. The lowest BCUT2D eigenvalue weighted by molar-refractivity contribution is -0.0529. The van der Waals surface area contributed by atoms with Crippen LogP contribution >= 0.6 is 7.67 Å². The summed E-state index contributed by atoms with van der Waals surface area (Å²) in [5.41, 5.74) is 0. The molecule has 0 aromatic rings. The number of ether oxygens (including phenoxy) is 2. The Morgan fingerprint density at radius 2 is 2.32 bits per heavy atom. The molecule has 0 spiro atoms. The van der Waals surface area contributed by atoms with Gasteiger partial charge in [-0.25, -0.2) is 14.3 Å². The second kappa shape index (κ2) is 7.86. The number of morpholine rings is 2. The monoisotopic (exact) mass is 327 g/mol. The summed E-state index contributed by atoms with van der Waals surface area (Å²) in [6, 6.07) is -1.11. The normalized spacial score (nSPS) is 34.8. The lowest BCUT2D eigenvalue weighted by Gasteiger charge is -2.39. The Morgan fingerprint density at radius 3 is 2.95 bits per heavy atom. The smallest absolute Gasteiger partial charge is 0.392 e. The zero-order chi connectivity index (χ0) is 16.2. The van der Waals surface area contributed by atoms with Gasteiger partial charge in [0, 0.05) is 25.6 Å². The Labute approximate surface area is 132 Å². The van der Waals surface area contributed by atoms with Gasteiger partial charge in [0.2, 0.25) is 0 Å². The first-order valence-corrected chi connectivity index (χ1v) is 8.61. The zero-order valence-electron chi connectivity index (χ0n) is 12.5. The molecule has 0 aromatic carbocycles. The molecule has 0 aromatic heterocycles. The molecule has 8 nitrogen and oxygen atoms in total. The molecular weight excluding hydrogens is 307 g/mol. The summed E-state index contributed by atoms with van der Waals surface area (Å²) in [4.78, 5) is 0. The molecule has 0 aliphatic carbocycles. The van der Waals surface area contributed by atoms with Crippen molar-refractivity contribution in [1.82, 2.24) is 15.1 Å². The second-order valence-corrected chi connectivity index (χ2v) is 7.34. The van der Waals surface area contributed by atoms with Crippen molar-refractivity contribution in [1.29, 1.82) is 0 Å². The standard InChI is InChI=1S/C11H20B2N3O5P/c1-14-22(18,16-4-9(6-17)21-11(13)5-16)19-7-8-2-15-3-10(12)20-8/h7,9-11,15,17H,2-6H2,1H3,(H,14,18)/b8-7+. The molecule has 0 saturated carbocycles. The Bertz CT molecular complexity index is 455. The van der Waals surface area contributed by atoms with Crippen LogP contribution in [0.5, 0.6) is 0 Å². The highest BCUT2D eigenvalue weighted by atomic mass is 31.2. The maximum Gasteiger partial charge on any atom is 0.392 e. The maximum absolute atomic E-state index is 12.9. The molecule has 2 aliphatic rings. The molecular formula is C11H20B2N3O5P. The fourth-order valence-corrected chi connectivity index (χ4v) is 3.80. The van der Waals surface area contributed by atoms with E-state index < -0.39 is 25.8 Å². The molecule has 22 heavy (non-hydrogen) atoms. The molecule has 3 N–H and O–H groups in total. The van der Waals surface area contributed by atoms with Gasteiger partial charge in [-0.3, -0.25) is 0 Å². The van der Waals surface area contributed by atoms with E-state index in [4.69, 9.17) is 29.7 Å². The molecule has 0 amide bonds. The minimum Gasteiger partial charge on any atom is -0.499 e. The van der Waals surface area contributed by atoms with Crippen molar-refractivity contribution < 1.29 is 23.7 Å². The minimum atomic E-state index is -3.36. The molecule has 2 saturated heterocycles. The first kappa shape index (κ1) is 17.8. The third-order valence-corrected chi connectivity index (χ3v) is 5.33. The number of rotatable bonds is 5. The van der Waals surface area contributed by atoms with Gasteiger partial charge in [-0.05, 0) is 7.05 Å². The van der Waals surface area contributed by atoms with E-state index in [0.717, 1.165) is 0 Å². The Hall–Kier alpha value is -0.500. The van der Waals surface area contributed by atoms with E-state index in [1.165, 1.54) is 18.0 Å². The molecule has 11 heteroatoms. The average Bonchev–Trinajstić information content (AvgIpc) is 2.52. The van der Waals surface area contributed by atoms with E-state index in [1.54, 1.807) is 0 Å². The summed E-state index contributed by atoms with van der Waals surface area (Å²) in [6.45, 7) is 1.23. The van der Waals surface area contributed by atoms with Crippen LogP contribution in [0.3, 0.4) is 0 Å². The molecule has 4 atom stereocenters. The van der Waals surface area contributed by atoms with Crippen molar-refractivity contribution in [3.8, 4) is 0 Å². The molecule has 2 rings (SSSR count). The summed E-state index contributed by atoms with van der Waals surface area (Å²) < 4.78 is 30.6. The van der Waals surface area contributed by atoms with E-state index in [1.807, 2.05) is 0 Å². The number of aliphatic hydroxyl groups excluding tert-OH is 1. The third-order valence-electron chi connectivity index (χ3n) is 3.31. The van der Waals surface area contributed by atoms with Gasteiger partial charge in [0.25, 0.3) is 0 Å². The first-order chi connectivity index (χ1) is 10.5. The number of nitrogens with zero attached hydrogens (tertiary/aromatic N) is 1. The summed E-state index contributed by atoms with van der Waals surface area (Å²) in [7, 11) is 9.58. The van der Waals surface area contributed by atoms with Crippen molar-refractivity contribution in [2.24, 2.45) is 0 Å². The van der Waals surface area contributed by atoms with Gasteiger partial charge >= 0.3 is 7.67 Å². The molecule has 0 bridgehead atoms. The van der Waals surface area contributed by atoms with Crippen LogP contribution in [0, 0.1) is 0 Å². The van der Waals surface area contributed by atoms with Crippen molar-refractivity contribution in [3.63, 3.8) is 0 Å². The lowest BCUT2D eigenvalue weighted by atomic mass is 9.98. The predicted octanol–water partition coefficient (Wildman–Crippen LogP) is -1.53. The van der Waals surface area contributed by atoms with Crippen LogP contribution in [0.2, 0.25) is 0 Å². The quantitative estimate of drug-likeness (QED) is 0.318. The van der Waals surface area contributed by atoms with Crippen molar-refractivity contribution in [3.05, 3.63) is 12.0 Å². The fraction of sp³-hybridized carbons (Fsp3) is 0.818. The Morgan fingerprint density at radius 1 is 1.55 bits per heavy atom. The number of aliphatic hydroxyl groups is 1. The number of nitrogens with one attached hydrogen (secondary N) is 2. The first-order valence-electron chi connectivity index (χ1n) is 7.03. The van der Waals surface area contributed by atoms with E-state index >= 15 is 0 Å². The summed E-state index contributed by atoms with van der Waals surface area (Å²) >= 11 is 0. The fourth-order valence-electron chi connectivity index (χ4n) is 2.24. The van der Waals surface area contributed by atoms with Crippen LogP contribution in [-0.4, -0.2) is 83.4 Å². The highest BCUT2D eigenvalue weighted by molar-refractivity contribution is 7.54. The number of hydrogen-bond donors (Lipinski definition) is 3. The SMILES string of the molecule is [B]C1CNC/C(=C\OP(=O)(NC)N2CC([B])OC(CO)C2)O1. The minimum absolute atomic E-state index is 0.211. The van der Waals surface area contributed by atoms with Gasteiger partial charge in [-0.2, -0.15) is 0 Å². The van der Waals surface area contributed by atoms with Crippen LogP contribution in [0.4, 0.5) is 0 Å². The van der Waals surface area contributed by atoms with E-state index in [0.29, 0.717) is 18.8 Å². The zero-order valence-corrected chi connectivity index (χ0v) is 13.4. The summed E-state index contributed by atoms with van der Waals surface area (Å²) in [6.07, 6.45) is 0.779. The van der Waals surface area contributed by atoms with Crippen LogP contribution in [-0.2, 0) is 18.6 Å². The van der Waals surface area contributed by atoms with E-state index in [9.17, 15) is 9.67 Å². The maximum atomic E-state index is 12.9. The third kappa shape index (κ3) is 4.50. The van der Waals surface area contributed by atoms with Crippen molar-refractivity contribution >= 4 is 23.4 Å². The van der Waals surface area contributed by atoms with E-state index in [-0.39, 0.29) is 19.7 Å². The van der Waals surface area contributed by atoms with Crippen LogP contribution in [0.25, 0.3) is 0 Å². The van der Waals surface area contributed by atoms with Crippen molar-refractivity contribution in [2.45, 2.75) is 18.1 Å². The van der Waals surface area contributed by atoms with Gasteiger partial charge in [-0.15, -0.1) is 0 Å². The Balaban J connectivity index is 2.04. The van der Waals surface area contributed by atoms with E-state index in [2.05, 4.69) is 10.4 Å². The van der Waals surface area contributed by atoms with Crippen molar-refractivity contribution in [2.75, 3.05) is 39.8 Å². The van der Waals surface area contributed by atoms with Gasteiger partial charge in [0.15, 0.2) is 0 Å². The highest BCUT2D eigenvalue weighted by Crippen LogP contribution is 2.47. The van der Waals surface area contributed by atoms with Crippen LogP contribution < -0.4 is 10.4 Å². The largest absolute Gasteiger partial charge is 0.499 e. The lowest BCUT2D eigenvalue weighted by Crippen LogP contribution is -2.49. The van der Waals surface area contributed by atoms with Gasteiger partial charge in [-0.1, -0.05) is 0 Å². The van der Waals surface area contributed by atoms with Crippen LogP contribution in [0.1, 0.15) is 0 Å². The molecule has 2 aliphatic heterocycles. The molecule has 2 heterocycles. The van der Waals surface area contributed by atoms with Gasteiger partial charge < -0.3 is 24.4 Å². The van der Waals surface area contributed by atoms with Gasteiger partial charge in [0.1, 0.15) is 27.7 Å². The molecule has 4 radical (unpaired) electrons. The van der Waals surface area contributed by atoms with Crippen LogP contribution in [0.15, 0.2) is 12.0 Å². The predicted molar refractivity (Wildman–Crippen MR) is 82.4 cm³/mol. The second-order valence-electron chi connectivity index (χ2n) is 5.07. The highest BCUT2D eigenvalue weighted by Gasteiger charge is 2.37. The molecule has 120 valence electrons. The Kier molecular flexibility index (Phi) is 6.37. The number of hydrogen-bond acceptors (Lipinski definition) is 6.